The average Bonchev–Trinajstić information content (AvgIpc) is 2.38. The Morgan fingerprint density at radius 2 is 1.42 bits per heavy atom. The minimum absolute atomic E-state index is 0. The van der Waals surface area contributed by atoms with Crippen LogP contribution in [0.3, 0.4) is 0 Å². The Kier molecular flexibility index (Phi) is 9.26. The average molecular weight is 381 g/mol. The van der Waals surface area contributed by atoms with Gasteiger partial charge in [0.15, 0.2) is 0 Å². The first-order valence-electron chi connectivity index (χ1n) is 8.28. The third kappa shape index (κ3) is 6.41. The van der Waals surface area contributed by atoms with Gasteiger partial charge in [-0.3, -0.25) is 4.57 Å². The molecule has 1 aromatic rings. The molecule has 132 valence electrons. The number of benzene rings is 1. The molecule has 0 saturated heterocycles. The molecule has 0 fully saturated rings. The molecule has 3 nitrogen and oxygen atoms in total. The quantitative estimate of drug-likeness (QED) is 0.494. The summed E-state index contributed by atoms with van der Waals surface area (Å²) in [7, 11) is -1.62. The Balaban J connectivity index is 0.00000529. The topological polar surface area (TPSA) is 35.5 Å². The molecule has 1 aromatic carbocycles. The molecule has 0 N–H and O–H groups in total. The molecule has 0 aliphatic heterocycles. The molecule has 1 unspecified atom stereocenters. The summed E-state index contributed by atoms with van der Waals surface area (Å²) in [6, 6.07) is 4.32. The van der Waals surface area contributed by atoms with Crippen LogP contribution in [0.25, 0.3) is 0 Å². The standard InChI is InChI=1S/C19H33O3P.Ca/c1-10-22-23(20,21-9)13-15-11-16(18(3,4)5)14(2)17(12-15)19(6,7)8;/h11-12H,10,13H2,1-9H3;/q;+2. The van der Waals surface area contributed by atoms with E-state index in [1.165, 1.54) is 23.8 Å². The molecule has 0 radical (unpaired) electrons. The van der Waals surface area contributed by atoms with Crippen molar-refractivity contribution in [2.24, 2.45) is 0 Å². The summed E-state index contributed by atoms with van der Waals surface area (Å²) < 4.78 is 23.3. The second kappa shape index (κ2) is 9.02. The fourth-order valence-electron chi connectivity index (χ4n) is 3.01. The van der Waals surface area contributed by atoms with Crippen molar-refractivity contribution in [2.45, 2.75) is 72.4 Å². The predicted octanol–water partition coefficient (Wildman–Crippen LogP) is 5.59. The van der Waals surface area contributed by atoms with Gasteiger partial charge in [-0.15, -0.1) is 0 Å². The Hall–Kier alpha value is 0.630. The van der Waals surface area contributed by atoms with Gasteiger partial charge < -0.3 is 9.05 Å². The van der Waals surface area contributed by atoms with Crippen LogP contribution in [0.15, 0.2) is 12.1 Å². The summed E-state index contributed by atoms with van der Waals surface area (Å²) in [5.41, 5.74) is 4.98. The van der Waals surface area contributed by atoms with E-state index in [2.05, 4.69) is 60.6 Å². The van der Waals surface area contributed by atoms with Crippen LogP contribution < -0.4 is 0 Å². The van der Waals surface area contributed by atoms with Gasteiger partial charge in [0.2, 0.25) is 0 Å². The normalized spacial score (nSPS) is 14.9. The summed E-state index contributed by atoms with van der Waals surface area (Å²) in [6.45, 7) is 17.7. The van der Waals surface area contributed by atoms with Crippen molar-refractivity contribution in [1.29, 1.82) is 0 Å². The Labute approximate surface area is 178 Å². The second-order valence-electron chi connectivity index (χ2n) is 8.19. The van der Waals surface area contributed by atoms with E-state index < -0.39 is 7.60 Å². The van der Waals surface area contributed by atoms with Gasteiger partial charge in [0.05, 0.1) is 12.8 Å². The third-order valence-electron chi connectivity index (χ3n) is 4.06. The van der Waals surface area contributed by atoms with Gasteiger partial charge in [0, 0.05) is 7.11 Å². The molecule has 0 aromatic heterocycles. The molecule has 24 heavy (non-hydrogen) atoms. The summed E-state index contributed by atoms with van der Waals surface area (Å²) >= 11 is 0. The Morgan fingerprint density at radius 3 is 1.71 bits per heavy atom. The SMILES string of the molecule is CCOP(=O)(Cc1cc(C(C)(C)C)c(C)c(C(C)(C)C)c1)OC.[Ca+2]. The molecule has 1 rings (SSSR count). The van der Waals surface area contributed by atoms with Crippen molar-refractivity contribution in [3.63, 3.8) is 0 Å². The second-order valence-corrected chi connectivity index (χ2v) is 10.3. The maximum atomic E-state index is 12.7. The fourth-order valence-corrected chi connectivity index (χ4v) is 4.36. The van der Waals surface area contributed by atoms with Crippen LogP contribution in [-0.4, -0.2) is 51.5 Å². The van der Waals surface area contributed by atoms with Crippen LogP contribution in [0.2, 0.25) is 0 Å². The van der Waals surface area contributed by atoms with Gasteiger partial charge in [-0.2, -0.15) is 0 Å². The zero-order chi connectivity index (χ0) is 18.1. The van der Waals surface area contributed by atoms with E-state index in [1.54, 1.807) is 0 Å². The van der Waals surface area contributed by atoms with Crippen molar-refractivity contribution < 1.29 is 13.6 Å². The number of hydrogen-bond acceptors (Lipinski definition) is 3. The molecule has 0 aliphatic carbocycles. The summed E-state index contributed by atoms with van der Waals surface area (Å²) in [4.78, 5) is 0. The summed E-state index contributed by atoms with van der Waals surface area (Å²) in [5, 5.41) is 0. The molecule has 0 heterocycles. The van der Waals surface area contributed by atoms with E-state index in [4.69, 9.17) is 9.05 Å². The zero-order valence-electron chi connectivity index (χ0n) is 16.9. The molecule has 0 aliphatic rings. The smallest absolute Gasteiger partial charge is 0.312 e. The Morgan fingerprint density at radius 1 is 1.00 bits per heavy atom. The zero-order valence-corrected chi connectivity index (χ0v) is 20.1. The third-order valence-corrected chi connectivity index (χ3v) is 6.02. The largest absolute Gasteiger partial charge is 2.00 e. The molecule has 1 atom stereocenters. The van der Waals surface area contributed by atoms with E-state index in [1.807, 2.05) is 6.92 Å². The van der Waals surface area contributed by atoms with Crippen LogP contribution in [0.1, 0.15) is 70.7 Å². The van der Waals surface area contributed by atoms with Gasteiger partial charge in [0.25, 0.3) is 0 Å². The van der Waals surface area contributed by atoms with Gasteiger partial charge in [0.1, 0.15) is 0 Å². The minimum atomic E-state index is -3.08. The fraction of sp³-hybridized carbons (Fsp3) is 0.684. The maximum absolute atomic E-state index is 12.7. The van der Waals surface area contributed by atoms with Crippen LogP contribution in [0.5, 0.6) is 0 Å². The van der Waals surface area contributed by atoms with Crippen LogP contribution in [0.4, 0.5) is 0 Å². The van der Waals surface area contributed by atoms with E-state index >= 15 is 0 Å². The monoisotopic (exact) mass is 380 g/mol. The number of rotatable bonds is 5. The Bertz CT molecular complexity index is 563. The molecule has 5 heteroatoms. The number of hydrogen-bond donors (Lipinski definition) is 0. The summed E-state index contributed by atoms with van der Waals surface area (Å²) in [5.74, 6) is 0. The van der Waals surface area contributed by atoms with Gasteiger partial charge >= 0.3 is 45.3 Å². The maximum Gasteiger partial charge on any atom is 2.00 e. The predicted molar refractivity (Wildman–Crippen MR) is 104 cm³/mol. The van der Waals surface area contributed by atoms with Crippen LogP contribution >= 0.6 is 7.60 Å². The van der Waals surface area contributed by atoms with E-state index in [9.17, 15) is 4.57 Å². The minimum Gasteiger partial charge on any atom is -0.312 e. The van der Waals surface area contributed by atoms with E-state index in [0.717, 1.165) is 5.56 Å². The van der Waals surface area contributed by atoms with Gasteiger partial charge in [-0.1, -0.05) is 53.7 Å². The molecular weight excluding hydrogens is 347 g/mol. The van der Waals surface area contributed by atoms with Gasteiger partial charge in [-0.05, 0) is 46.9 Å². The molecule has 0 amide bonds. The van der Waals surface area contributed by atoms with E-state index in [0.29, 0.717) is 12.8 Å². The van der Waals surface area contributed by atoms with Crippen LogP contribution in [-0.2, 0) is 30.6 Å². The molecule has 0 spiro atoms. The van der Waals surface area contributed by atoms with Crippen molar-refractivity contribution in [1.82, 2.24) is 0 Å². The first kappa shape index (κ1) is 24.6. The van der Waals surface area contributed by atoms with Crippen LogP contribution in [0, 0.1) is 6.92 Å². The summed E-state index contributed by atoms with van der Waals surface area (Å²) in [6.07, 6.45) is 0.309. The first-order chi connectivity index (χ1) is 10.3. The van der Waals surface area contributed by atoms with Crippen molar-refractivity contribution in [3.8, 4) is 0 Å². The van der Waals surface area contributed by atoms with Gasteiger partial charge in [-0.25, -0.2) is 0 Å². The van der Waals surface area contributed by atoms with Crippen molar-refractivity contribution in [2.75, 3.05) is 13.7 Å². The molecule has 0 bridgehead atoms. The molecule has 0 saturated carbocycles. The van der Waals surface area contributed by atoms with E-state index in [-0.39, 0.29) is 48.6 Å². The first-order valence-corrected chi connectivity index (χ1v) is 10.0. The van der Waals surface area contributed by atoms with Crippen molar-refractivity contribution in [3.05, 3.63) is 34.4 Å². The van der Waals surface area contributed by atoms with Crippen molar-refractivity contribution >= 4 is 45.3 Å². The molecular formula is C19H33CaO3P+2.